The van der Waals surface area contributed by atoms with Crippen molar-refractivity contribution >= 4 is 10.0 Å². The van der Waals surface area contributed by atoms with E-state index in [2.05, 4.69) is 5.32 Å². The number of hydrogen-bond acceptors (Lipinski definition) is 4. The van der Waals surface area contributed by atoms with Gasteiger partial charge in [-0.2, -0.15) is 4.31 Å². The molecule has 114 valence electrons. The summed E-state index contributed by atoms with van der Waals surface area (Å²) in [4.78, 5) is 0.357. The fourth-order valence-corrected chi connectivity index (χ4v) is 3.59. The Bertz CT molecular complexity index is 543. The van der Waals surface area contributed by atoms with Crippen LogP contribution in [0.4, 0.5) is 0 Å². The van der Waals surface area contributed by atoms with Crippen LogP contribution in [0.5, 0.6) is 0 Å². The third-order valence-corrected chi connectivity index (χ3v) is 5.43. The summed E-state index contributed by atoms with van der Waals surface area (Å²) in [5.74, 6) is 0. The molecule has 1 unspecified atom stereocenters. The first-order valence-electron chi connectivity index (χ1n) is 6.55. The molecule has 0 aliphatic carbocycles. The average Bonchev–Trinajstić information content (AvgIpc) is 2.40. The van der Waals surface area contributed by atoms with Crippen molar-refractivity contribution < 1.29 is 13.2 Å². The van der Waals surface area contributed by atoms with E-state index < -0.39 is 10.0 Å². The number of rotatable bonds is 7. The molecule has 0 radical (unpaired) electrons. The van der Waals surface area contributed by atoms with Gasteiger partial charge in [-0.05, 0) is 38.1 Å². The third kappa shape index (κ3) is 3.79. The Morgan fingerprint density at radius 3 is 2.60 bits per heavy atom. The van der Waals surface area contributed by atoms with Gasteiger partial charge in [0.15, 0.2) is 0 Å². The first-order chi connectivity index (χ1) is 9.34. The molecule has 0 heterocycles. The number of sulfonamides is 1. The fraction of sp³-hybridized carbons (Fsp3) is 0.571. The van der Waals surface area contributed by atoms with E-state index in [1.807, 2.05) is 33.0 Å². The number of aryl methyl sites for hydroxylation is 1. The van der Waals surface area contributed by atoms with Gasteiger partial charge >= 0.3 is 0 Å². The van der Waals surface area contributed by atoms with Crippen molar-refractivity contribution in [3.05, 3.63) is 29.3 Å². The van der Waals surface area contributed by atoms with E-state index in [9.17, 15) is 8.42 Å². The van der Waals surface area contributed by atoms with Gasteiger partial charge in [-0.15, -0.1) is 0 Å². The van der Waals surface area contributed by atoms with Crippen molar-refractivity contribution in [2.45, 2.75) is 31.3 Å². The molecule has 0 aliphatic heterocycles. The molecule has 0 spiro atoms. The summed E-state index contributed by atoms with van der Waals surface area (Å²) >= 11 is 0. The zero-order chi connectivity index (χ0) is 15.3. The van der Waals surface area contributed by atoms with Crippen LogP contribution in [-0.4, -0.2) is 46.6 Å². The second-order valence-electron chi connectivity index (χ2n) is 4.96. The van der Waals surface area contributed by atoms with E-state index in [0.29, 0.717) is 18.0 Å². The van der Waals surface area contributed by atoms with E-state index in [1.165, 1.54) is 4.31 Å². The molecule has 5 nitrogen and oxygen atoms in total. The lowest BCUT2D eigenvalue weighted by Gasteiger charge is -2.24. The fourth-order valence-electron chi connectivity index (χ4n) is 1.97. The Labute approximate surface area is 122 Å². The molecule has 0 fully saturated rings. The van der Waals surface area contributed by atoms with E-state index in [0.717, 1.165) is 11.1 Å². The van der Waals surface area contributed by atoms with Crippen LogP contribution in [0, 0.1) is 6.92 Å². The minimum atomic E-state index is -3.51. The van der Waals surface area contributed by atoms with Crippen molar-refractivity contribution in [3.8, 4) is 0 Å². The summed E-state index contributed by atoms with van der Waals surface area (Å²) in [5, 5.41) is 3.03. The second kappa shape index (κ2) is 7.17. The lowest BCUT2D eigenvalue weighted by atomic mass is 10.1. The van der Waals surface area contributed by atoms with Crippen LogP contribution in [-0.2, 0) is 21.3 Å². The minimum Gasteiger partial charge on any atom is -0.383 e. The van der Waals surface area contributed by atoms with Crippen LogP contribution in [0.15, 0.2) is 23.1 Å². The first kappa shape index (κ1) is 17.1. The van der Waals surface area contributed by atoms with Crippen molar-refractivity contribution in [3.63, 3.8) is 0 Å². The summed E-state index contributed by atoms with van der Waals surface area (Å²) in [6.07, 6.45) is 0. The Balaban J connectivity index is 3.17. The predicted molar refractivity (Wildman–Crippen MR) is 80.2 cm³/mol. The third-order valence-electron chi connectivity index (χ3n) is 3.32. The molecular weight excluding hydrogens is 276 g/mol. The van der Waals surface area contributed by atoms with Gasteiger partial charge in [-0.3, -0.25) is 0 Å². The summed E-state index contributed by atoms with van der Waals surface area (Å²) in [6.45, 7) is 4.64. The van der Waals surface area contributed by atoms with Crippen molar-refractivity contribution in [2.75, 3.05) is 27.8 Å². The molecule has 0 bridgehead atoms. The zero-order valence-electron chi connectivity index (χ0n) is 12.8. The van der Waals surface area contributed by atoms with Crippen LogP contribution in [0.3, 0.4) is 0 Å². The van der Waals surface area contributed by atoms with Crippen LogP contribution in [0.2, 0.25) is 0 Å². The van der Waals surface area contributed by atoms with Crippen LogP contribution in [0.1, 0.15) is 18.1 Å². The van der Waals surface area contributed by atoms with E-state index >= 15 is 0 Å². The van der Waals surface area contributed by atoms with Gasteiger partial charge in [0.2, 0.25) is 10.0 Å². The Hall–Kier alpha value is -0.950. The number of nitrogens with zero attached hydrogens (tertiary/aromatic N) is 1. The number of methoxy groups -OCH3 is 1. The molecule has 0 aromatic heterocycles. The number of likely N-dealkylation sites (N-methyl/N-ethyl adjacent to an activating group) is 1. The van der Waals surface area contributed by atoms with Gasteiger partial charge in [-0.1, -0.05) is 12.1 Å². The predicted octanol–water partition coefficient (Wildman–Crippen LogP) is 1.37. The van der Waals surface area contributed by atoms with Gasteiger partial charge in [0.05, 0.1) is 11.5 Å². The van der Waals surface area contributed by atoms with Gasteiger partial charge in [-0.25, -0.2) is 8.42 Å². The molecular formula is C14H24N2O3S. The normalized spacial score (nSPS) is 13.7. The first-order valence-corrected chi connectivity index (χ1v) is 7.99. The quantitative estimate of drug-likeness (QED) is 0.826. The lowest BCUT2D eigenvalue weighted by Crippen LogP contribution is -2.38. The summed E-state index contributed by atoms with van der Waals surface area (Å²) in [5.41, 5.74) is 1.70. The van der Waals surface area contributed by atoms with E-state index in [-0.39, 0.29) is 6.04 Å². The van der Waals surface area contributed by atoms with Gasteiger partial charge in [0.1, 0.15) is 0 Å². The molecule has 6 heteroatoms. The number of nitrogens with one attached hydrogen (secondary N) is 1. The molecule has 1 aromatic rings. The minimum absolute atomic E-state index is 0.211. The van der Waals surface area contributed by atoms with E-state index in [1.54, 1.807) is 20.2 Å². The van der Waals surface area contributed by atoms with Crippen molar-refractivity contribution in [1.29, 1.82) is 0 Å². The highest BCUT2D eigenvalue weighted by Crippen LogP contribution is 2.22. The second-order valence-corrected chi connectivity index (χ2v) is 6.92. The van der Waals surface area contributed by atoms with Gasteiger partial charge < -0.3 is 10.1 Å². The average molecular weight is 300 g/mol. The molecule has 1 N–H and O–H groups in total. The number of hydrogen-bond donors (Lipinski definition) is 1. The van der Waals surface area contributed by atoms with Gasteiger partial charge in [0, 0.05) is 26.7 Å². The standard InChI is InChI=1S/C14H24N2O3S/c1-11-6-7-13(9-15-3)8-14(11)20(17,18)16(4)12(2)10-19-5/h6-8,12,15H,9-10H2,1-5H3. The molecule has 0 saturated carbocycles. The number of ether oxygens (including phenoxy) is 1. The molecule has 0 amide bonds. The maximum atomic E-state index is 12.7. The highest BCUT2D eigenvalue weighted by atomic mass is 32.2. The molecule has 0 aliphatic rings. The Morgan fingerprint density at radius 2 is 2.05 bits per heavy atom. The maximum Gasteiger partial charge on any atom is 0.243 e. The smallest absolute Gasteiger partial charge is 0.243 e. The topological polar surface area (TPSA) is 58.6 Å². The molecule has 20 heavy (non-hydrogen) atoms. The molecule has 1 atom stereocenters. The van der Waals surface area contributed by atoms with Crippen LogP contribution >= 0.6 is 0 Å². The molecule has 1 rings (SSSR count). The lowest BCUT2D eigenvalue weighted by molar-refractivity contribution is 0.149. The highest BCUT2D eigenvalue weighted by Gasteiger charge is 2.26. The molecule has 0 saturated heterocycles. The van der Waals surface area contributed by atoms with Crippen LogP contribution in [0.25, 0.3) is 0 Å². The SMILES string of the molecule is CNCc1ccc(C)c(S(=O)(=O)N(C)C(C)COC)c1. The summed E-state index contributed by atoms with van der Waals surface area (Å²) in [6, 6.07) is 5.30. The van der Waals surface area contributed by atoms with Crippen molar-refractivity contribution in [2.24, 2.45) is 0 Å². The maximum absolute atomic E-state index is 12.7. The molecule has 1 aromatic carbocycles. The zero-order valence-corrected chi connectivity index (χ0v) is 13.6. The van der Waals surface area contributed by atoms with E-state index in [4.69, 9.17) is 4.74 Å². The largest absolute Gasteiger partial charge is 0.383 e. The Kier molecular flexibility index (Phi) is 6.13. The highest BCUT2D eigenvalue weighted by molar-refractivity contribution is 7.89. The monoisotopic (exact) mass is 300 g/mol. The van der Waals surface area contributed by atoms with Crippen LogP contribution < -0.4 is 5.32 Å². The summed E-state index contributed by atoms with van der Waals surface area (Å²) < 4.78 is 31.7. The Morgan fingerprint density at radius 1 is 1.40 bits per heavy atom. The van der Waals surface area contributed by atoms with Crippen molar-refractivity contribution in [1.82, 2.24) is 9.62 Å². The number of benzene rings is 1. The van der Waals surface area contributed by atoms with Gasteiger partial charge in [0.25, 0.3) is 0 Å². The summed E-state index contributed by atoms with van der Waals surface area (Å²) in [7, 11) is 1.48.